The van der Waals surface area contributed by atoms with Crippen molar-refractivity contribution in [1.82, 2.24) is 0 Å². The second kappa shape index (κ2) is 2.07. The third-order valence-electron chi connectivity index (χ3n) is 3.01. The average Bonchev–Trinajstić information content (AvgIpc) is 2.04. The van der Waals surface area contributed by atoms with Crippen LogP contribution in [0.5, 0.6) is 0 Å². The van der Waals surface area contributed by atoms with Gasteiger partial charge in [-0.3, -0.25) is 4.79 Å². The highest BCUT2D eigenvalue weighted by atomic mass is 16.5. The van der Waals surface area contributed by atoms with E-state index in [4.69, 9.17) is 4.74 Å². The zero-order valence-electron chi connectivity index (χ0n) is 7.09. The quantitative estimate of drug-likeness (QED) is 0.527. The van der Waals surface area contributed by atoms with E-state index in [0.29, 0.717) is 5.78 Å². The molecule has 2 fully saturated rings. The van der Waals surface area contributed by atoms with Gasteiger partial charge in [0.25, 0.3) is 0 Å². The molecule has 2 rings (SSSR count). The van der Waals surface area contributed by atoms with Gasteiger partial charge < -0.3 is 4.74 Å². The van der Waals surface area contributed by atoms with Gasteiger partial charge in [-0.15, -0.1) is 0 Å². The number of Topliss-reactive ketones (excluding diaryl/α,β-unsaturated/α-hetero) is 1. The lowest BCUT2D eigenvalue weighted by Gasteiger charge is -2.51. The molecule has 0 bridgehead atoms. The first-order valence-electron chi connectivity index (χ1n) is 4.30. The Hall–Kier alpha value is -0.370. The summed E-state index contributed by atoms with van der Waals surface area (Å²) in [5, 5.41) is 0. The molecule has 0 spiro atoms. The van der Waals surface area contributed by atoms with Crippen LogP contribution >= 0.6 is 0 Å². The third kappa shape index (κ3) is 0.791. The minimum absolute atomic E-state index is 0.189. The van der Waals surface area contributed by atoms with E-state index in [1.54, 1.807) is 0 Å². The van der Waals surface area contributed by atoms with Crippen LogP contribution in [0.2, 0.25) is 0 Å². The average molecular weight is 154 g/mol. The Morgan fingerprint density at radius 3 is 2.91 bits per heavy atom. The molecule has 1 aliphatic carbocycles. The second-order valence-electron chi connectivity index (χ2n) is 4.13. The van der Waals surface area contributed by atoms with E-state index < -0.39 is 0 Å². The van der Waals surface area contributed by atoms with Crippen LogP contribution in [-0.2, 0) is 9.53 Å². The molecule has 1 heterocycles. The van der Waals surface area contributed by atoms with Gasteiger partial charge in [-0.25, -0.2) is 0 Å². The summed E-state index contributed by atoms with van der Waals surface area (Å²) in [4.78, 5) is 11.4. The van der Waals surface area contributed by atoms with Crippen molar-refractivity contribution in [3.8, 4) is 0 Å². The maximum Gasteiger partial charge on any atom is 0.146 e. The van der Waals surface area contributed by atoms with Gasteiger partial charge in [-0.1, -0.05) is 13.8 Å². The Balaban J connectivity index is 2.15. The van der Waals surface area contributed by atoms with E-state index in [2.05, 4.69) is 0 Å². The lowest BCUT2D eigenvalue weighted by atomic mass is 9.58. The third-order valence-corrected chi connectivity index (χ3v) is 3.01. The highest BCUT2D eigenvalue weighted by molar-refractivity contribution is 5.94. The van der Waals surface area contributed by atoms with Gasteiger partial charge in [0.05, 0.1) is 11.5 Å². The van der Waals surface area contributed by atoms with Crippen molar-refractivity contribution in [2.24, 2.45) is 11.3 Å². The molecule has 1 saturated carbocycles. The summed E-state index contributed by atoms with van der Waals surface area (Å²) in [5.41, 5.74) is -0.189. The number of ketones is 1. The largest absolute Gasteiger partial charge is 0.376 e. The first kappa shape index (κ1) is 7.29. The highest BCUT2D eigenvalue weighted by Crippen LogP contribution is 2.47. The van der Waals surface area contributed by atoms with Crippen molar-refractivity contribution in [1.29, 1.82) is 0 Å². The molecule has 2 aliphatic rings. The molecule has 11 heavy (non-hydrogen) atoms. The smallest absolute Gasteiger partial charge is 0.146 e. The Kier molecular flexibility index (Phi) is 1.37. The van der Waals surface area contributed by atoms with Gasteiger partial charge in [-0.05, 0) is 12.8 Å². The number of hydrogen-bond donors (Lipinski definition) is 0. The minimum Gasteiger partial charge on any atom is -0.376 e. The lowest BCUT2D eigenvalue weighted by molar-refractivity contribution is -0.184. The first-order valence-corrected chi connectivity index (χ1v) is 4.30. The van der Waals surface area contributed by atoms with Gasteiger partial charge >= 0.3 is 0 Å². The molecule has 62 valence electrons. The Morgan fingerprint density at radius 1 is 1.55 bits per heavy atom. The Morgan fingerprint density at radius 2 is 2.27 bits per heavy atom. The Bertz CT molecular complexity index is 196. The maximum atomic E-state index is 11.4. The molecule has 1 saturated heterocycles. The molecule has 0 radical (unpaired) electrons. The molecule has 0 unspecified atom stereocenters. The topological polar surface area (TPSA) is 26.3 Å². The summed E-state index contributed by atoms with van der Waals surface area (Å²) in [6.07, 6.45) is 2.33. The monoisotopic (exact) mass is 154 g/mol. The fraction of sp³-hybridized carbons (Fsp3) is 0.889. The van der Waals surface area contributed by atoms with Crippen LogP contribution in [0.1, 0.15) is 26.7 Å². The fourth-order valence-electron chi connectivity index (χ4n) is 2.28. The molecule has 2 atom stereocenters. The fourth-order valence-corrected chi connectivity index (χ4v) is 2.28. The molecule has 0 aromatic heterocycles. The molecular formula is C9H14O2. The molecule has 1 aliphatic heterocycles. The number of ether oxygens (including phenoxy) is 1. The molecule has 0 amide bonds. The van der Waals surface area contributed by atoms with Crippen molar-refractivity contribution in [3.05, 3.63) is 0 Å². The molecule has 0 N–H and O–H groups in total. The van der Waals surface area contributed by atoms with Crippen molar-refractivity contribution >= 4 is 5.78 Å². The van der Waals surface area contributed by atoms with Crippen molar-refractivity contribution < 1.29 is 9.53 Å². The van der Waals surface area contributed by atoms with Gasteiger partial charge in [0, 0.05) is 12.5 Å². The molecule has 0 aromatic rings. The molecule has 2 heteroatoms. The SMILES string of the molecule is CC1(C)C(=O)[C@H]2CCCO[C@@H]21. The number of carbonyl (C=O) groups excluding carboxylic acids is 1. The first-order chi connectivity index (χ1) is 5.14. The van der Waals surface area contributed by atoms with E-state index in [0.717, 1.165) is 19.4 Å². The summed E-state index contributed by atoms with van der Waals surface area (Å²) >= 11 is 0. The van der Waals surface area contributed by atoms with E-state index in [9.17, 15) is 4.79 Å². The summed E-state index contributed by atoms with van der Waals surface area (Å²) in [6.45, 7) is 4.82. The second-order valence-corrected chi connectivity index (χ2v) is 4.13. The predicted molar refractivity (Wildman–Crippen MR) is 41.3 cm³/mol. The lowest BCUT2D eigenvalue weighted by Crippen LogP contribution is -2.61. The summed E-state index contributed by atoms with van der Waals surface area (Å²) in [6, 6.07) is 0. The summed E-state index contributed by atoms with van der Waals surface area (Å²) in [5.74, 6) is 0.640. The molecule has 2 nitrogen and oxygen atoms in total. The number of hydrogen-bond acceptors (Lipinski definition) is 2. The van der Waals surface area contributed by atoms with Gasteiger partial charge in [0.1, 0.15) is 5.78 Å². The summed E-state index contributed by atoms with van der Waals surface area (Å²) in [7, 11) is 0. The van der Waals surface area contributed by atoms with Crippen LogP contribution in [-0.4, -0.2) is 18.5 Å². The number of rotatable bonds is 0. The van der Waals surface area contributed by atoms with E-state index >= 15 is 0 Å². The maximum absolute atomic E-state index is 11.4. The van der Waals surface area contributed by atoms with Crippen LogP contribution < -0.4 is 0 Å². The van der Waals surface area contributed by atoms with Crippen molar-refractivity contribution in [2.75, 3.05) is 6.61 Å². The highest BCUT2D eigenvalue weighted by Gasteiger charge is 2.57. The standard InChI is InChI=1S/C9H14O2/c1-9(2)7(10)6-4-3-5-11-8(6)9/h6,8H,3-5H2,1-2H3/t6-,8+/m1/s1. The van der Waals surface area contributed by atoms with Gasteiger partial charge in [-0.2, -0.15) is 0 Å². The van der Waals surface area contributed by atoms with Crippen LogP contribution in [0.4, 0.5) is 0 Å². The number of fused-ring (bicyclic) bond motifs is 1. The van der Waals surface area contributed by atoms with Crippen LogP contribution in [0.15, 0.2) is 0 Å². The minimum atomic E-state index is -0.189. The molecule has 0 aromatic carbocycles. The zero-order chi connectivity index (χ0) is 8.06. The van der Waals surface area contributed by atoms with Gasteiger partial charge in [0.2, 0.25) is 0 Å². The van der Waals surface area contributed by atoms with Gasteiger partial charge in [0.15, 0.2) is 0 Å². The summed E-state index contributed by atoms with van der Waals surface area (Å²) < 4.78 is 5.54. The van der Waals surface area contributed by atoms with Crippen LogP contribution in [0.25, 0.3) is 0 Å². The van der Waals surface area contributed by atoms with E-state index in [1.807, 2.05) is 13.8 Å². The van der Waals surface area contributed by atoms with E-state index in [1.165, 1.54) is 0 Å². The normalized spacial score (nSPS) is 41.1. The number of carbonyl (C=O) groups is 1. The Labute approximate surface area is 66.9 Å². The van der Waals surface area contributed by atoms with Crippen LogP contribution in [0, 0.1) is 11.3 Å². The van der Waals surface area contributed by atoms with Crippen molar-refractivity contribution in [2.45, 2.75) is 32.8 Å². The van der Waals surface area contributed by atoms with Crippen LogP contribution in [0.3, 0.4) is 0 Å². The molecular weight excluding hydrogens is 140 g/mol. The predicted octanol–water partition coefficient (Wildman–Crippen LogP) is 1.39. The zero-order valence-corrected chi connectivity index (χ0v) is 7.09. The van der Waals surface area contributed by atoms with Crippen molar-refractivity contribution in [3.63, 3.8) is 0 Å². The van der Waals surface area contributed by atoms with E-state index in [-0.39, 0.29) is 17.4 Å².